The molecule has 0 bridgehead atoms. The first-order valence-electron chi connectivity index (χ1n) is 10.6. The number of anilines is 1. The van der Waals surface area contributed by atoms with Crippen LogP contribution in [0.3, 0.4) is 0 Å². The van der Waals surface area contributed by atoms with Gasteiger partial charge in [-0.25, -0.2) is 0 Å². The van der Waals surface area contributed by atoms with Crippen molar-refractivity contribution in [3.05, 3.63) is 60.2 Å². The molecule has 2 amide bonds. The van der Waals surface area contributed by atoms with Gasteiger partial charge in [-0.1, -0.05) is 42.5 Å². The van der Waals surface area contributed by atoms with Gasteiger partial charge in [0.25, 0.3) is 0 Å². The van der Waals surface area contributed by atoms with Crippen LogP contribution >= 0.6 is 0 Å². The molecule has 2 aliphatic rings. The number of amides is 2. The van der Waals surface area contributed by atoms with Crippen molar-refractivity contribution in [1.29, 1.82) is 0 Å². The van der Waals surface area contributed by atoms with Gasteiger partial charge in [-0.05, 0) is 24.6 Å². The quantitative estimate of drug-likeness (QED) is 0.765. The van der Waals surface area contributed by atoms with E-state index < -0.39 is 0 Å². The molecule has 6 heteroatoms. The molecule has 0 aliphatic carbocycles. The second-order valence-electron chi connectivity index (χ2n) is 8.02. The second-order valence-corrected chi connectivity index (χ2v) is 8.02. The van der Waals surface area contributed by atoms with Gasteiger partial charge in [-0.2, -0.15) is 0 Å². The van der Waals surface area contributed by atoms with Crippen molar-refractivity contribution < 1.29 is 14.3 Å². The van der Waals surface area contributed by atoms with E-state index in [9.17, 15) is 9.59 Å². The maximum Gasteiger partial charge on any atom is 0.228 e. The summed E-state index contributed by atoms with van der Waals surface area (Å²) >= 11 is 0. The SMILES string of the molecule is COc1ccccc1N1CCN(C(=O)[C@H]2CC(=O)N([C@H](C)c3ccccc3)C2)CC1. The Labute approximate surface area is 178 Å². The number of methoxy groups -OCH3 is 1. The van der Waals surface area contributed by atoms with E-state index in [-0.39, 0.29) is 23.8 Å². The molecule has 0 unspecified atom stereocenters. The first-order valence-corrected chi connectivity index (χ1v) is 10.6. The fourth-order valence-corrected chi connectivity index (χ4v) is 4.50. The Kier molecular flexibility index (Phi) is 5.93. The van der Waals surface area contributed by atoms with Gasteiger partial charge in [-0.3, -0.25) is 9.59 Å². The van der Waals surface area contributed by atoms with E-state index in [0.29, 0.717) is 26.1 Å². The molecule has 0 saturated carbocycles. The summed E-state index contributed by atoms with van der Waals surface area (Å²) in [5, 5.41) is 0. The zero-order chi connectivity index (χ0) is 21.1. The minimum atomic E-state index is -0.249. The fraction of sp³-hybridized carbons (Fsp3) is 0.417. The predicted octanol–water partition coefficient (Wildman–Crippen LogP) is 2.95. The molecule has 2 aliphatic heterocycles. The van der Waals surface area contributed by atoms with Crippen molar-refractivity contribution in [2.24, 2.45) is 5.92 Å². The number of hydrogen-bond donors (Lipinski definition) is 0. The molecule has 2 atom stereocenters. The van der Waals surface area contributed by atoms with E-state index in [4.69, 9.17) is 4.74 Å². The van der Waals surface area contributed by atoms with Crippen LogP contribution in [0.2, 0.25) is 0 Å². The number of likely N-dealkylation sites (tertiary alicyclic amines) is 1. The number of para-hydroxylation sites is 2. The Bertz CT molecular complexity index is 894. The summed E-state index contributed by atoms with van der Waals surface area (Å²) in [5.41, 5.74) is 2.16. The first-order chi connectivity index (χ1) is 14.6. The highest BCUT2D eigenvalue weighted by Crippen LogP contribution is 2.31. The van der Waals surface area contributed by atoms with Gasteiger partial charge in [0.05, 0.1) is 24.8 Å². The highest BCUT2D eigenvalue weighted by atomic mass is 16.5. The molecule has 0 N–H and O–H groups in total. The summed E-state index contributed by atoms with van der Waals surface area (Å²) in [6, 6.07) is 18.0. The van der Waals surface area contributed by atoms with Crippen LogP contribution in [0.1, 0.15) is 24.9 Å². The fourth-order valence-electron chi connectivity index (χ4n) is 4.50. The van der Waals surface area contributed by atoms with Crippen LogP contribution in [0.5, 0.6) is 5.75 Å². The van der Waals surface area contributed by atoms with Crippen LogP contribution in [0.25, 0.3) is 0 Å². The molecule has 2 fully saturated rings. The lowest BCUT2D eigenvalue weighted by molar-refractivity contribution is -0.136. The number of hydrogen-bond acceptors (Lipinski definition) is 4. The van der Waals surface area contributed by atoms with Crippen molar-refractivity contribution in [3.8, 4) is 5.75 Å². The summed E-state index contributed by atoms with van der Waals surface area (Å²) in [4.78, 5) is 31.8. The lowest BCUT2D eigenvalue weighted by Gasteiger charge is -2.37. The third-order valence-corrected chi connectivity index (χ3v) is 6.27. The molecular weight excluding hydrogens is 378 g/mol. The molecular formula is C24H29N3O3. The molecule has 2 aromatic rings. The number of rotatable bonds is 5. The predicted molar refractivity (Wildman–Crippen MR) is 116 cm³/mol. The van der Waals surface area contributed by atoms with Crippen LogP contribution < -0.4 is 9.64 Å². The van der Waals surface area contributed by atoms with E-state index in [1.54, 1.807) is 7.11 Å². The van der Waals surface area contributed by atoms with E-state index >= 15 is 0 Å². The Morgan fingerprint density at radius 2 is 1.67 bits per heavy atom. The van der Waals surface area contributed by atoms with Crippen molar-refractivity contribution in [2.75, 3.05) is 44.7 Å². The van der Waals surface area contributed by atoms with Crippen LogP contribution in [-0.2, 0) is 9.59 Å². The summed E-state index contributed by atoms with van der Waals surface area (Å²) in [6.45, 7) is 5.38. The minimum absolute atomic E-state index is 0.0149. The van der Waals surface area contributed by atoms with Gasteiger partial charge in [0, 0.05) is 39.1 Å². The molecule has 158 valence electrons. The Morgan fingerprint density at radius 3 is 2.37 bits per heavy atom. The van der Waals surface area contributed by atoms with Gasteiger partial charge >= 0.3 is 0 Å². The molecule has 0 spiro atoms. The van der Waals surface area contributed by atoms with E-state index in [2.05, 4.69) is 11.0 Å². The zero-order valence-corrected chi connectivity index (χ0v) is 17.7. The van der Waals surface area contributed by atoms with Crippen LogP contribution in [0, 0.1) is 5.92 Å². The van der Waals surface area contributed by atoms with Gasteiger partial charge in [0.15, 0.2) is 0 Å². The molecule has 0 radical (unpaired) electrons. The number of carbonyl (C=O) groups is 2. The van der Waals surface area contributed by atoms with Gasteiger partial charge in [0.1, 0.15) is 5.75 Å². The first kappa shape index (κ1) is 20.3. The van der Waals surface area contributed by atoms with E-state index in [1.807, 2.05) is 65.3 Å². The Morgan fingerprint density at radius 1 is 1.00 bits per heavy atom. The highest BCUT2D eigenvalue weighted by Gasteiger charge is 2.39. The highest BCUT2D eigenvalue weighted by molar-refractivity contribution is 5.89. The summed E-state index contributed by atoms with van der Waals surface area (Å²) in [6.07, 6.45) is 0.308. The van der Waals surface area contributed by atoms with Crippen molar-refractivity contribution in [2.45, 2.75) is 19.4 Å². The van der Waals surface area contributed by atoms with Gasteiger partial charge in [0.2, 0.25) is 11.8 Å². The molecule has 6 nitrogen and oxygen atoms in total. The average Bonchev–Trinajstić information content (AvgIpc) is 3.20. The van der Waals surface area contributed by atoms with E-state index in [1.165, 1.54) is 0 Å². The number of nitrogens with zero attached hydrogens (tertiary/aromatic N) is 3. The number of ether oxygens (including phenoxy) is 1. The van der Waals surface area contributed by atoms with Crippen LogP contribution in [0.4, 0.5) is 5.69 Å². The summed E-state index contributed by atoms with van der Waals surface area (Å²) in [5.74, 6) is 0.772. The standard InChI is InChI=1S/C24H29N3O3/c1-18(19-8-4-3-5-9-19)27-17-20(16-23(27)28)24(29)26-14-12-25(13-15-26)21-10-6-7-11-22(21)30-2/h3-11,18,20H,12-17H2,1-2H3/t18-,20+/m1/s1. The largest absolute Gasteiger partial charge is 0.495 e. The maximum atomic E-state index is 13.1. The topological polar surface area (TPSA) is 53.1 Å². The molecule has 2 aromatic carbocycles. The molecule has 30 heavy (non-hydrogen) atoms. The minimum Gasteiger partial charge on any atom is -0.495 e. The molecule has 4 rings (SSSR count). The normalized spacial score (nSPS) is 20.4. The molecule has 0 aromatic heterocycles. The van der Waals surface area contributed by atoms with Crippen LogP contribution in [0.15, 0.2) is 54.6 Å². The number of benzene rings is 2. The molecule has 2 heterocycles. The Hall–Kier alpha value is -3.02. The number of carbonyl (C=O) groups excluding carboxylic acids is 2. The number of piperazine rings is 1. The molecule has 2 saturated heterocycles. The zero-order valence-electron chi connectivity index (χ0n) is 17.7. The van der Waals surface area contributed by atoms with E-state index in [0.717, 1.165) is 30.1 Å². The van der Waals surface area contributed by atoms with Crippen molar-refractivity contribution in [1.82, 2.24) is 9.80 Å². The second kappa shape index (κ2) is 8.78. The smallest absolute Gasteiger partial charge is 0.228 e. The maximum absolute atomic E-state index is 13.1. The van der Waals surface area contributed by atoms with Crippen molar-refractivity contribution in [3.63, 3.8) is 0 Å². The van der Waals surface area contributed by atoms with Gasteiger partial charge < -0.3 is 19.4 Å². The third kappa shape index (κ3) is 3.99. The third-order valence-electron chi connectivity index (χ3n) is 6.27. The summed E-state index contributed by atoms with van der Waals surface area (Å²) in [7, 11) is 1.68. The van der Waals surface area contributed by atoms with Crippen molar-refractivity contribution >= 4 is 17.5 Å². The lowest BCUT2D eigenvalue weighted by atomic mass is 10.1. The van der Waals surface area contributed by atoms with Crippen LogP contribution in [-0.4, -0.2) is 61.4 Å². The lowest BCUT2D eigenvalue weighted by Crippen LogP contribution is -2.50. The monoisotopic (exact) mass is 407 g/mol. The van der Waals surface area contributed by atoms with Gasteiger partial charge in [-0.15, -0.1) is 0 Å². The summed E-state index contributed by atoms with van der Waals surface area (Å²) < 4.78 is 5.47. The average molecular weight is 408 g/mol. The Balaban J connectivity index is 1.36.